The molecule has 7 heteroatoms. The molecule has 2 aromatic rings. The van der Waals surface area contributed by atoms with E-state index in [1.807, 2.05) is 31.4 Å². The first-order valence-corrected chi connectivity index (χ1v) is 8.48. The predicted molar refractivity (Wildman–Crippen MR) is 96.3 cm³/mol. The normalized spacial score (nSPS) is 10.1. The van der Waals surface area contributed by atoms with E-state index in [9.17, 15) is 4.79 Å². The van der Waals surface area contributed by atoms with Gasteiger partial charge in [-0.3, -0.25) is 4.79 Å². The molecule has 0 radical (unpaired) electrons. The number of aryl methyl sites for hydroxylation is 2. The Bertz CT molecular complexity index is 631. The summed E-state index contributed by atoms with van der Waals surface area (Å²) in [7, 11) is 0. The highest BCUT2D eigenvalue weighted by molar-refractivity contribution is 8.01. The number of nitrogens with two attached hydrogens (primary N) is 1. The molecular weight excluding hydrogens is 338 g/mol. The van der Waals surface area contributed by atoms with Crippen molar-refractivity contribution in [2.24, 2.45) is 5.73 Å². The largest absolute Gasteiger partial charge is 0.330 e. The van der Waals surface area contributed by atoms with Crippen LogP contribution in [0.3, 0.4) is 0 Å². The van der Waals surface area contributed by atoms with Crippen LogP contribution in [0.25, 0.3) is 0 Å². The van der Waals surface area contributed by atoms with Gasteiger partial charge in [0.05, 0.1) is 0 Å². The quantitative estimate of drug-likeness (QED) is 0.819. The summed E-state index contributed by atoms with van der Waals surface area (Å²) < 4.78 is 1.03. The van der Waals surface area contributed by atoms with Gasteiger partial charge in [0.1, 0.15) is 0 Å². The summed E-state index contributed by atoms with van der Waals surface area (Å²) in [6, 6.07) is 6.02. The van der Waals surface area contributed by atoms with Gasteiger partial charge in [-0.15, -0.1) is 23.7 Å². The molecule has 0 unspecified atom stereocenters. The Balaban J connectivity index is 0.00000242. The van der Waals surface area contributed by atoms with Crippen LogP contribution in [-0.4, -0.2) is 17.4 Å². The molecule has 1 heterocycles. The average Bonchev–Trinajstić information content (AvgIpc) is 2.85. The second-order valence-electron chi connectivity index (χ2n) is 4.77. The monoisotopic (exact) mass is 357 g/mol. The molecule has 1 aromatic carbocycles. The highest BCUT2D eigenvalue weighted by atomic mass is 35.5. The fourth-order valence-electron chi connectivity index (χ4n) is 1.80. The molecule has 0 aliphatic carbocycles. The molecule has 3 N–H and O–H groups in total. The lowest BCUT2D eigenvalue weighted by molar-refractivity contribution is -0.116. The van der Waals surface area contributed by atoms with Gasteiger partial charge in [-0.25, -0.2) is 4.98 Å². The van der Waals surface area contributed by atoms with E-state index >= 15 is 0 Å². The number of rotatable bonds is 6. The van der Waals surface area contributed by atoms with Crippen molar-refractivity contribution >= 4 is 47.1 Å². The summed E-state index contributed by atoms with van der Waals surface area (Å²) in [6.45, 7) is 4.52. The van der Waals surface area contributed by atoms with E-state index in [0.29, 0.717) is 19.4 Å². The van der Waals surface area contributed by atoms with Crippen LogP contribution in [0.4, 0.5) is 5.69 Å². The summed E-state index contributed by atoms with van der Waals surface area (Å²) >= 11 is 3.29. The van der Waals surface area contributed by atoms with E-state index in [0.717, 1.165) is 26.2 Å². The van der Waals surface area contributed by atoms with Crippen LogP contribution in [-0.2, 0) is 4.79 Å². The smallest absolute Gasteiger partial charge is 0.224 e. The molecule has 0 saturated carbocycles. The second kappa shape index (κ2) is 9.15. The second-order valence-corrected chi connectivity index (χ2v) is 6.95. The van der Waals surface area contributed by atoms with E-state index < -0.39 is 0 Å². The Kier molecular flexibility index (Phi) is 7.89. The lowest BCUT2D eigenvalue weighted by atomic mass is 10.2. The third-order valence-electron chi connectivity index (χ3n) is 2.88. The van der Waals surface area contributed by atoms with Gasteiger partial charge in [0.25, 0.3) is 0 Å². The zero-order valence-corrected chi connectivity index (χ0v) is 15.0. The third kappa shape index (κ3) is 5.61. The Morgan fingerprint density at radius 3 is 2.77 bits per heavy atom. The molecule has 2 rings (SSSR count). The van der Waals surface area contributed by atoms with Gasteiger partial charge in [0.2, 0.25) is 5.91 Å². The highest BCUT2D eigenvalue weighted by Crippen LogP contribution is 2.32. The first-order valence-electron chi connectivity index (χ1n) is 6.79. The number of carbonyl (C=O) groups excluding carboxylic acids is 1. The van der Waals surface area contributed by atoms with Crippen molar-refractivity contribution < 1.29 is 4.79 Å². The summed E-state index contributed by atoms with van der Waals surface area (Å²) in [5.74, 6) is 0.0134. The van der Waals surface area contributed by atoms with Crippen LogP contribution in [0, 0.1) is 13.8 Å². The number of aromatic nitrogens is 1. The number of carbonyl (C=O) groups is 1. The third-order valence-corrected chi connectivity index (χ3v) is 4.93. The number of amides is 1. The molecule has 0 aliphatic heterocycles. The lowest BCUT2D eigenvalue weighted by Crippen LogP contribution is -2.14. The number of halogens is 1. The summed E-state index contributed by atoms with van der Waals surface area (Å²) in [5.41, 5.74) is 8.36. The number of anilines is 1. The number of hydrogen-bond acceptors (Lipinski definition) is 5. The van der Waals surface area contributed by atoms with Crippen LogP contribution >= 0.6 is 35.5 Å². The minimum absolute atomic E-state index is 0. The first kappa shape index (κ1) is 19.0. The summed E-state index contributed by atoms with van der Waals surface area (Å²) in [4.78, 5) is 17.3. The van der Waals surface area contributed by atoms with Crippen molar-refractivity contribution in [1.82, 2.24) is 4.98 Å². The molecule has 0 fully saturated rings. The number of benzene rings is 1. The molecule has 1 aromatic heterocycles. The van der Waals surface area contributed by atoms with Crippen molar-refractivity contribution in [2.75, 3.05) is 11.9 Å². The van der Waals surface area contributed by atoms with Gasteiger partial charge in [0.15, 0.2) is 4.34 Å². The minimum Gasteiger partial charge on any atom is -0.330 e. The fraction of sp³-hybridized carbons (Fsp3) is 0.333. The van der Waals surface area contributed by atoms with E-state index in [2.05, 4.69) is 16.4 Å². The highest BCUT2D eigenvalue weighted by Gasteiger charge is 2.07. The molecular formula is C15H20ClN3OS2. The number of hydrogen-bond donors (Lipinski definition) is 2. The van der Waals surface area contributed by atoms with Crippen LogP contribution in [0.5, 0.6) is 0 Å². The van der Waals surface area contributed by atoms with E-state index in [4.69, 9.17) is 5.73 Å². The topological polar surface area (TPSA) is 68.0 Å². The van der Waals surface area contributed by atoms with Crippen molar-refractivity contribution in [1.29, 1.82) is 0 Å². The van der Waals surface area contributed by atoms with Crippen molar-refractivity contribution in [2.45, 2.75) is 35.9 Å². The fourth-order valence-corrected chi connectivity index (χ4v) is 3.70. The number of thiazole rings is 1. The molecule has 120 valence electrons. The van der Waals surface area contributed by atoms with Crippen LogP contribution in [0.2, 0.25) is 0 Å². The van der Waals surface area contributed by atoms with Gasteiger partial charge in [0, 0.05) is 28.1 Å². The van der Waals surface area contributed by atoms with Crippen molar-refractivity contribution in [3.05, 3.63) is 34.8 Å². The maximum Gasteiger partial charge on any atom is 0.224 e. The molecule has 22 heavy (non-hydrogen) atoms. The van der Waals surface area contributed by atoms with Crippen molar-refractivity contribution in [3.63, 3.8) is 0 Å². The first-order chi connectivity index (χ1) is 10.1. The van der Waals surface area contributed by atoms with Crippen molar-refractivity contribution in [3.8, 4) is 0 Å². The molecule has 0 atom stereocenters. The van der Waals surface area contributed by atoms with Gasteiger partial charge >= 0.3 is 0 Å². The van der Waals surface area contributed by atoms with Crippen LogP contribution in [0.15, 0.2) is 32.8 Å². The Labute approximate surface area is 145 Å². The maximum atomic E-state index is 11.7. The van der Waals surface area contributed by atoms with Gasteiger partial charge in [-0.1, -0.05) is 11.8 Å². The molecule has 4 nitrogen and oxygen atoms in total. The predicted octanol–water partition coefficient (Wildman–Crippen LogP) is 4.01. The molecule has 0 spiro atoms. The van der Waals surface area contributed by atoms with Crippen LogP contribution < -0.4 is 11.1 Å². The van der Waals surface area contributed by atoms with Gasteiger partial charge in [-0.05, 0) is 50.6 Å². The van der Waals surface area contributed by atoms with E-state index in [1.54, 1.807) is 23.1 Å². The summed E-state index contributed by atoms with van der Waals surface area (Å²) in [5, 5.41) is 4.97. The molecule has 0 bridgehead atoms. The zero-order valence-electron chi connectivity index (χ0n) is 12.6. The lowest BCUT2D eigenvalue weighted by Gasteiger charge is -2.09. The maximum absolute atomic E-state index is 11.7. The standard InChI is InChI=1S/C15H19N3OS2.ClH/c1-10-8-12(21-15-17-11(2)9-20-15)5-6-13(10)18-14(19)4-3-7-16;/h5-6,8-9H,3-4,7,16H2,1-2H3,(H,18,19);1H. The van der Waals surface area contributed by atoms with Gasteiger partial charge < -0.3 is 11.1 Å². The Hall–Kier alpha value is -1.08. The number of nitrogens with zero attached hydrogens (tertiary/aromatic N) is 1. The summed E-state index contributed by atoms with van der Waals surface area (Å²) in [6.07, 6.45) is 1.17. The van der Waals surface area contributed by atoms with Crippen LogP contribution in [0.1, 0.15) is 24.1 Å². The van der Waals surface area contributed by atoms with E-state index in [1.165, 1.54) is 0 Å². The SMILES string of the molecule is Cc1csc(Sc2ccc(NC(=O)CCCN)c(C)c2)n1.Cl. The molecule has 1 amide bonds. The number of nitrogens with one attached hydrogen (secondary N) is 1. The average molecular weight is 358 g/mol. The zero-order chi connectivity index (χ0) is 15.2. The van der Waals surface area contributed by atoms with E-state index in [-0.39, 0.29) is 18.3 Å². The molecule has 0 aliphatic rings. The minimum atomic E-state index is 0. The Morgan fingerprint density at radius 1 is 1.41 bits per heavy atom. The Morgan fingerprint density at radius 2 is 2.18 bits per heavy atom. The van der Waals surface area contributed by atoms with Gasteiger partial charge in [-0.2, -0.15) is 0 Å². The molecule has 0 saturated heterocycles.